The smallest absolute Gasteiger partial charge is 0.330 e. The van der Waals surface area contributed by atoms with Gasteiger partial charge in [0.2, 0.25) is 0 Å². The van der Waals surface area contributed by atoms with Gasteiger partial charge in [-0.2, -0.15) is 0 Å². The van der Waals surface area contributed by atoms with Crippen LogP contribution >= 0.6 is 0 Å². The van der Waals surface area contributed by atoms with Gasteiger partial charge < -0.3 is 16.0 Å². The average Bonchev–Trinajstić information content (AvgIpc) is 2.36. The zero-order valence-electron chi connectivity index (χ0n) is 13.0. The number of nitrogens with one attached hydrogen (secondary N) is 2. The first-order chi connectivity index (χ1) is 9.91. The fourth-order valence-corrected chi connectivity index (χ4v) is 2.82. The standard InChI is InChI=1S/C14H25N5O2/c1-4-8-19-11(15)10(12(20)17-13(19)21)16-9-14(18(2)3)6-5-7-14/h16H,4-9,15H2,1-3H3,(H,17,20,21). The third-order valence-electron chi connectivity index (χ3n) is 4.51. The number of hydrogen-bond donors (Lipinski definition) is 3. The van der Waals surface area contributed by atoms with Crippen molar-refractivity contribution in [3.8, 4) is 0 Å². The highest BCUT2D eigenvalue weighted by molar-refractivity contribution is 5.60. The van der Waals surface area contributed by atoms with Crippen LogP contribution in [-0.2, 0) is 6.54 Å². The van der Waals surface area contributed by atoms with Crippen LogP contribution in [0.3, 0.4) is 0 Å². The van der Waals surface area contributed by atoms with Crippen molar-refractivity contribution in [2.24, 2.45) is 0 Å². The lowest BCUT2D eigenvalue weighted by Gasteiger charge is -2.47. The monoisotopic (exact) mass is 295 g/mol. The Kier molecular flexibility index (Phi) is 4.41. The molecule has 1 aliphatic carbocycles. The first kappa shape index (κ1) is 15.6. The van der Waals surface area contributed by atoms with Crippen LogP contribution in [0.25, 0.3) is 0 Å². The number of rotatable bonds is 6. The molecule has 0 amide bonds. The van der Waals surface area contributed by atoms with Crippen molar-refractivity contribution in [3.63, 3.8) is 0 Å². The highest BCUT2D eigenvalue weighted by atomic mass is 16.2. The fraction of sp³-hybridized carbons (Fsp3) is 0.714. The molecule has 0 unspecified atom stereocenters. The summed E-state index contributed by atoms with van der Waals surface area (Å²) in [5, 5.41) is 3.16. The molecule has 1 heterocycles. The highest BCUT2D eigenvalue weighted by Gasteiger charge is 2.39. The molecule has 0 bridgehead atoms. The Morgan fingerprint density at radius 2 is 2.05 bits per heavy atom. The lowest BCUT2D eigenvalue weighted by Crippen LogP contribution is -2.55. The van der Waals surface area contributed by atoms with Crippen LogP contribution in [0, 0.1) is 0 Å². The van der Waals surface area contributed by atoms with Crippen molar-refractivity contribution in [1.29, 1.82) is 0 Å². The molecular weight excluding hydrogens is 270 g/mol. The summed E-state index contributed by atoms with van der Waals surface area (Å²) in [5.74, 6) is 0.221. The number of nitrogens with zero attached hydrogens (tertiary/aromatic N) is 2. The molecule has 0 aliphatic heterocycles. The zero-order chi connectivity index (χ0) is 15.6. The van der Waals surface area contributed by atoms with Crippen molar-refractivity contribution in [3.05, 3.63) is 20.8 Å². The van der Waals surface area contributed by atoms with E-state index in [4.69, 9.17) is 5.73 Å². The number of nitrogen functional groups attached to an aromatic ring is 1. The lowest BCUT2D eigenvalue weighted by molar-refractivity contribution is 0.0739. The van der Waals surface area contributed by atoms with E-state index in [9.17, 15) is 9.59 Å². The SMILES string of the molecule is CCCn1c(N)c(NCC2(N(C)C)CCC2)c(=O)[nH]c1=O. The van der Waals surface area contributed by atoms with Gasteiger partial charge in [-0.05, 0) is 39.8 Å². The van der Waals surface area contributed by atoms with E-state index < -0.39 is 11.2 Å². The van der Waals surface area contributed by atoms with Crippen LogP contribution < -0.4 is 22.3 Å². The topological polar surface area (TPSA) is 96.2 Å². The van der Waals surface area contributed by atoms with Crippen LogP contribution in [0.1, 0.15) is 32.6 Å². The van der Waals surface area contributed by atoms with Crippen LogP contribution in [0.5, 0.6) is 0 Å². The minimum absolute atomic E-state index is 0.0740. The van der Waals surface area contributed by atoms with Gasteiger partial charge in [-0.3, -0.25) is 14.3 Å². The van der Waals surface area contributed by atoms with Crippen LogP contribution in [-0.4, -0.2) is 40.6 Å². The molecule has 0 atom stereocenters. The Morgan fingerprint density at radius 1 is 1.38 bits per heavy atom. The summed E-state index contributed by atoms with van der Waals surface area (Å²) in [5.41, 5.74) is 5.48. The van der Waals surface area contributed by atoms with Crippen molar-refractivity contribution in [2.45, 2.75) is 44.7 Å². The first-order valence-electron chi connectivity index (χ1n) is 7.45. The highest BCUT2D eigenvalue weighted by Crippen LogP contribution is 2.36. The van der Waals surface area contributed by atoms with Crippen LogP contribution in [0.4, 0.5) is 11.5 Å². The predicted molar refractivity (Wildman–Crippen MR) is 84.8 cm³/mol. The number of aromatic amines is 1. The van der Waals surface area contributed by atoms with Gasteiger partial charge in [0.05, 0.1) is 0 Å². The maximum absolute atomic E-state index is 12.0. The molecule has 7 nitrogen and oxygen atoms in total. The third kappa shape index (κ3) is 2.83. The van der Waals surface area contributed by atoms with E-state index in [1.54, 1.807) is 0 Å². The van der Waals surface area contributed by atoms with Gasteiger partial charge in [-0.15, -0.1) is 0 Å². The molecule has 0 radical (unpaired) electrons. The molecule has 118 valence electrons. The van der Waals surface area contributed by atoms with Gasteiger partial charge in [-0.25, -0.2) is 4.79 Å². The minimum atomic E-state index is -0.448. The van der Waals surface area contributed by atoms with Crippen molar-refractivity contribution >= 4 is 11.5 Å². The Balaban J connectivity index is 2.26. The van der Waals surface area contributed by atoms with E-state index >= 15 is 0 Å². The van der Waals surface area contributed by atoms with Gasteiger partial charge in [0.1, 0.15) is 11.5 Å². The van der Waals surface area contributed by atoms with Crippen LogP contribution in [0.2, 0.25) is 0 Å². The molecule has 0 spiro atoms. The molecule has 1 fully saturated rings. The van der Waals surface area contributed by atoms with Crippen molar-refractivity contribution in [2.75, 3.05) is 31.7 Å². The molecule has 7 heteroatoms. The predicted octanol–water partition coefficient (Wildman–Crippen LogP) is 0.425. The zero-order valence-corrected chi connectivity index (χ0v) is 13.0. The Labute approximate surface area is 124 Å². The molecule has 1 aromatic heterocycles. The maximum atomic E-state index is 12.0. The number of likely N-dealkylation sites (N-methyl/N-ethyl adjacent to an activating group) is 1. The number of anilines is 2. The maximum Gasteiger partial charge on any atom is 0.330 e. The first-order valence-corrected chi connectivity index (χ1v) is 7.45. The van der Waals surface area contributed by atoms with E-state index in [2.05, 4.69) is 15.2 Å². The van der Waals surface area contributed by atoms with E-state index in [0.29, 0.717) is 18.8 Å². The van der Waals surface area contributed by atoms with Crippen molar-refractivity contribution in [1.82, 2.24) is 14.5 Å². The van der Waals surface area contributed by atoms with E-state index in [1.165, 1.54) is 11.0 Å². The summed E-state index contributed by atoms with van der Waals surface area (Å²) >= 11 is 0. The number of hydrogen-bond acceptors (Lipinski definition) is 5. The molecule has 1 aromatic rings. The summed E-state index contributed by atoms with van der Waals surface area (Å²) in [6, 6.07) is 0. The van der Waals surface area contributed by atoms with Gasteiger partial charge >= 0.3 is 5.69 Å². The number of aromatic nitrogens is 2. The Morgan fingerprint density at radius 3 is 2.52 bits per heavy atom. The van der Waals surface area contributed by atoms with Gasteiger partial charge in [-0.1, -0.05) is 6.92 Å². The van der Waals surface area contributed by atoms with E-state index in [1.807, 2.05) is 21.0 Å². The lowest BCUT2D eigenvalue weighted by atomic mass is 9.75. The number of nitrogens with two attached hydrogens (primary N) is 1. The molecule has 0 saturated heterocycles. The second kappa shape index (κ2) is 5.93. The second-order valence-corrected chi connectivity index (χ2v) is 6.00. The third-order valence-corrected chi connectivity index (χ3v) is 4.51. The van der Waals surface area contributed by atoms with Gasteiger partial charge in [0, 0.05) is 18.6 Å². The summed E-state index contributed by atoms with van der Waals surface area (Å²) in [6.45, 7) is 3.10. The molecule has 4 N–H and O–H groups in total. The fourth-order valence-electron chi connectivity index (χ4n) is 2.82. The summed E-state index contributed by atoms with van der Waals surface area (Å²) < 4.78 is 1.41. The minimum Gasteiger partial charge on any atom is -0.383 e. The Bertz CT molecular complexity index is 613. The van der Waals surface area contributed by atoms with Crippen molar-refractivity contribution < 1.29 is 0 Å². The Hall–Kier alpha value is -1.76. The molecule has 21 heavy (non-hydrogen) atoms. The number of H-pyrrole nitrogens is 1. The average molecular weight is 295 g/mol. The molecule has 1 saturated carbocycles. The normalized spacial score (nSPS) is 16.8. The summed E-state index contributed by atoms with van der Waals surface area (Å²) in [6.07, 6.45) is 4.16. The largest absolute Gasteiger partial charge is 0.383 e. The molecule has 2 rings (SSSR count). The van der Waals surface area contributed by atoms with E-state index in [0.717, 1.165) is 19.3 Å². The van der Waals surface area contributed by atoms with Gasteiger partial charge in [0.25, 0.3) is 5.56 Å². The molecule has 0 aromatic carbocycles. The summed E-state index contributed by atoms with van der Waals surface area (Å²) in [4.78, 5) is 28.3. The van der Waals surface area contributed by atoms with Gasteiger partial charge in [0.15, 0.2) is 0 Å². The summed E-state index contributed by atoms with van der Waals surface area (Å²) in [7, 11) is 4.10. The van der Waals surface area contributed by atoms with E-state index in [-0.39, 0.29) is 11.4 Å². The quantitative estimate of drug-likeness (QED) is 0.707. The molecule has 1 aliphatic rings. The molecular formula is C14H25N5O2. The van der Waals surface area contributed by atoms with Crippen LogP contribution in [0.15, 0.2) is 9.59 Å². The second-order valence-electron chi connectivity index (χ2n) is 6.00.